The fourth-order valence-corrected chi connectivity index (χ4v) is 2.56. The summed E-state index contributed by atoms with van der Waals surface area (Å²) in [6.07, 6.45) is 0. The van der Waals surface area contributed by atoms with E-state index in [1.54, 1.807) is 0 Å². The van der Waals surface area contributed by atoms with Gasteiger partial charge in [-0.15, -0.1) is 0 Å². The average molecular weight is 240 g/mol. The molecule has 0 spiro atoms. The van der Waals surface area contributed by atoms with Gasteiger partial charge in [0.1, 0.15) is 0 Å². The summed E-state index contributed by atoms with van der Waals surface area (Å²) < 4.78 is 0. The van der Waals surface area contributed by atoms with Crippen LogP contribution in [0.1, 0.15) is 24.0 Å². The van der Waals surface area contributed by atoms with Gasteiger partial charge in [-0.1, -0.05) is 30.7 Å². The molecule has 1 aliphatic rings. The molecule has 1 saturated heterocycles. The summed E-state index contributed by atoms with van der Waals surface area (Å²) in [7, 11) is 0. The highest BCUT2D eigenvalue weighted by molar-refractivity contribution is 6.31. The van der Waals surface area contributed by atoms with E-state index in [9.17, 15) is 5.11 Å². The van der Waals surface area contributed by atoms with Crippen molar-refractivity contribution in [3.63, 3.8) is 0 Å². The summed E-state index contributed by atoms with van der Waals surface area (Å²) in [4.78, 5) is 0. The maximum Gasteiger partial charge on any atom is 0.0503 e. The lowest BCUT2D eigenvalue weighted by molar-refractivity contribution is 0.144. The molecule has 0 unspecified atom stereocenters. The highest BCUT2D eigenvalue weighted by Gasteiger charge is 2.39. The monoisotopic (exact) mass is 239 g/mol. The molecule has 2 N–H and O–H groups in total. The average Bonchev–Trinajstić information content (AvgIpc) is 2.65. The molecule has 0 saturated carbocycles. The van der Waals surface area contributed by atoms with Crippen LogP contribution < -0.4 is 5.32 Å². The SMILES string of the molecule is Cc1cc([C@H]2CNC[C@]2(C)CO)ccc1Cl. The highest BCUT2D eigenvalue weighted by Crippen LogP contribution is 2.39. The standard InChI is InChI=1S/C13H18ClNO/c1-9-5-10(3-4-12(9)14)11-6-15-7-13(11,2)8-16/h3-5,11,15-16H,6-8H2,1-2H3/t11-,13-/m1/s1. The summed E-state index contributed by atoms with van der Waals surface area (Å²) in [5.74, 6) is 0.369. The van der Waals surface area contributed by atoms with Crippen LogP contribution in [0.4, 0.5) is 0 Å². The molecule has 1 aromatic rings. The number of aryl methyl sites for hydroxylation is 1. The van der Waals surface area contributed by atoms with Crippen molar-refractivity contribution >= 4 is 11.6 Å². The van der Waals surface area contributed by atoms with E-state index in [1.807, 2.05) is 13.0 Å². The van der Waals surface area contributed by atoms with E-state index in [2.05, 4.69) is 24.4 Å². The predicted octanol–water partition coefficient (Wildman–Crippen LogP) is 2.33. The topological polar surface area (TPSA) is 32.3 Å². The van der Waals surface area contributed by atoms with Crippen LogP contribution in [0.2, 0.25) is 5.02 Å². The zero-order chi connectivity index (χ0) is 11.8. The van der Waals surface area contributed by atoms with Gasteiger partial charge in [0.05, 0.1) is 6.61 Å². The van der Waals surface area contributed by atoms with Gasteiger partial charge < -0.3 is 10.4 Å². The van der Waals surface area contributed by atoms with Crippen molar-refractivity contribution in [3.8, 4) is 0 Å². The normalized spacial score (nSPS) is 29.6. The fourth-order valence-electron chi connectivity index (χ4n) is 2.44. The molecule has 0 aromatic heterocycles. The number of hydrogen-bond donors (Lipinski definition) is 2. The Morgan fingerprint density at radius 3 is 2.94 bits per heavy atom. The van der Waals surface area contributed by atoms with Gasteiger partial charge in [0, 0.05) is 29.4 Å². The van der Waals surface area contributed by atoms with E-state index in [1.165, 1.54) is 5.56 Å². The summed E-state index contributed by atoms with van der Waals surface area (Å²) in [6.45, 7) is 6.16. The molecule has 2 atom stereocenters. The van der Waals surface area contributed by atoms with Gasteiger partial charge in [0.25, 0.3) is 0 Å². The molecule has 1 aliphatic heterocycles. The number of benzene rings is 1. The van der Waals surface area contributed by atoms with Crippen LogP contribution in [-0.2, 0) is 0 Å². The first kappa shape index (κ1) is 11.9. The lowest BCUT2D eigenvalue weighted by Crippen LogP contribution is -2.29. The Hall–Kier alpha value is -0.570. The predicted molar refractivity (Wildman–Crippen MR) is 67.0 cm³/mol. The second-order valence-corrected chi connectivity index (χ2v) is 5.41. The third-order valence-corrected chi connectivity index (χ3v) is 4.09. The Kier molecular flexibility index (Phi) is 3.24. The zero-order valence-corrected chi connectivity index (χ0v) is 10.5. The highest BCUT2D eigenvalue weighted by atomic mass is 35.5. The van der Waals surface area contributed by atoms with Crippen molar-refractivity contribution in [2.75, 3.05) is 19.7 Å². The molecule has 0 aliphatic carbocycles. The minimum Gasteiger partial charge on any atom is -0.396 e. The molecule has 2 rings (SSSR count). The first-order valence-electron chi connectivity index (χ1n) is 5.64. The van der Waals surface area contributed by atoms with Crippen molar-refractivity contribution in [2.45, 2.75) is 19.8 Å². The molecule has 0 bridgehead atoms. The molecule has 0 amide bonds. The van der Waals surface area contributed by atoms with Gasteiger partial charge >= 0.3 is 0 Å². The van der Waals surface area contributed by atoms with Gasteiger partial charge in [0.15, 0.2) is 0 Å². The second-order valence-electron chi connectivity index (χ2n) is 5.00. The van der Waals surface area contributed by atoms with Crippen molar-refractivity contribution in [2.24, 2.45) is 5.41 Å². The lowest BCUT2D eigenvalue weighted by Gasteiger charge is -2.28. The van der Waals surface area contributed by atoms with E-state index in [-0.39, 0.29) is 12.0 Å². The van der Waals surface area contributed by atoms with Gasteiger partial charge in [-0.05, 0) is 24.1 Å². The van der Waals surface area contributed by atoms with Gasteiger partial charge in [0.2, 0.25) is 0 Å². The summed E-state index contributed by atoms with van der Waals surface area (Å²) in [6, 6.07) is 6.15. The molecule has 2 nitrogen and oxygen atoms in total. The third kappa shape index (κ3) is 1.97. The minimum atomic E-state index is -0.0553. The number of halogens is 1. The summed E-state index contributed by atoms with van der Waals surface area (Å²) >= 11 is 6.03. The molecule has 3 heteroatoms. The molecule has 16 heavy (non-hydrogen) atoms. The number of aliphatic hydroxyl groups is 1. The largest absolute Gasteiger partial charge is 0.396 e. The van der Waals surface area contributed by atoms with Gasteiger partial charge in [-0.3, -0.25) is 0 Å². The number of nitrogens with one attached hydrogen (secondary N) is 1. The van der Waals surface area contributed by atoms with E-state index in [0.29, 0.717) is 5.92 Å². The fraction of sp³-hybridized carbons (Fsp3) is 0.538. The Balaban J connectivity index is 2.33. The number of rotatable bonds is 2. The smallest absolute Gasteiger partial charge is 0.0503 e. The van der Waals surface area contributed by atoms with Crippen LogP contribution in [-0.4, -0.2) is 24.8 Å². The van der Waals surface area contributed by atoms with Crippen molar-refractivity contribution in [3.05, 3.63) is 34.3 Å². The number of aliphatic hydroxyl groups excluding tert-OH is 1. The number of hydrogen-bond acceptors (Lipinski definition) is 2. The van der Waals surface area contributed by atoms with E-state index >= 15 is 0 Å². The molecule has 1 aromatic carbocycles. The molecule has 1 heterocycles. The molecule has 0 radical (unpaired) electrons. The Labute approximate surface area is 102 Å². The van der Waals surface area contributed by atoms with E-state index in [0.717, 1.165) is 23.7 Å². The van der Waals surface area contributed by atoms with Crippen LogP contribution in [0.15, 0.2) is 18.2 Å². The molecule has 88 valence electrons. The first-order chi connectivity index (χ1) is 7.57. The molecular formula is C13H18ClNO. The summed E-state index contributed by atoms with van der Waals surface area (Å²) in [5, 5.41) is 13.7. The van der Waals surface area contributed by atoms with Crippen LogP contribution in [0.5, 0.6) is 0 Å². The zero-order valence-electron chi connectivity index (χ0n) is 9.76. The van der Waals surface area contributed by atoms with Crippen LogP contribution in [0, 0.1) is 12.3 Å². The Bertz CT molecular complexity index is 394. The van der Waals surface area contributed by atoms with Gasteiger partial charge in [-0.2, -0.15) is 0 Å². The second kappa shape index (κ2) is 4.36. The molecular weight excluding hydrogens is 222 g/mol. The van der Waals surface area contributed by atoms with Gasteiger partial charge in [-0.25, -0.2) is 0 Å². The van der Waals surface area contributed by atoms with Crippen LogP contribution in [0.25, 0.3) is 0 Å². The van der Waals surface area contributed by atoms with E-state index < -0.39 is 0 Å². The summed E-state index contributed by atoms with van der Waals surface area (Å²) in [5.41, 5.74) is 2.31. The quantitative estimate of drug-likeness (QED) is 0.831. The lowest BCUT2D eigenvalue weighted by atomic mass is 9.76. The maximum absolute atomic E-state index is 9.51. The minimum absolute atomic E-state index is 0.0553. The van der Waals surface area contributed by atoms with Crippen LogP contribution >= 0.6 is 11.6 Å². The van der Waals surface area contributed by atoms with Crippen molar-refractivity contribution < 1.29 is 5.11 Å². The molecule has 1 fully saturated rings. The third-order valence-electron chi connectivity index (χ3n) is 3.66. The van der Waals surface area contributed by atoms with E-state index in [4.69, 9.17) is 11.6 Å². The van der Waals surface area contributed by atoms with Crippen molar-refractivity contribution in [1.82, 2.24) is 5.32 Å². The first-order valence-corrected chi connectivity index (χ1v) is 6.02. The Morgan fingerprint density at radius 1 is 1.56 bits per heavy atom. The maximum atomic E-state index is 9.51. The van der Waals surface area contributed by atoms with Crippen molar-refractivity contribution in [1.29, 1.82) is 0 Å². The Morgan fingerprint density at radius 2 is 2.31 bits per heavy atom. The van der Waals surface area contributed by atoms with Crippen LogP contribution in [0.3, 0.4) is 0 Å².